The van der Waals surface area contributed by atoms with Crippen LogP contribution in [0.3, 0.4) is 0 Å². The molecule has 0 aliphatic heterocycles. The molecule has 22 heavy (non-hydrogen) atoms. The summed E-state index contributed by atoms with van der Waals surface area (Å²) < 4.78 is 0. The molecular formula is C18H11ClO3. The Labute approximate surface area is 131 Å². The van der Waals surface area contributed by atoms with Gasteiger partial charge in [-0.25, -0.2) is 4.79 Å². The van der Waals surface area contributed by atoms with Crippen molar-refractivity contribution < 1.29 is 14.7 Å². The molecule has 108 valence electrons. The van der Waals surface area contributed by atoms with Crippen LogP contribution in [-0.2, 0) is 0 Å². The molecule has 3 aromatic carbocycles. The molecule has 0 saturated carbocycles. The summed E-state index contributed by atoms with van der Waals surface area (Å²) in [5, 5.41) is 11.1. The molecule has 3 nitrogen and oxygen atoms in total. The summed E-state index contributed by atoms with van der Waals surface area (Å²) in [5.41, 5.74) is 0.368. The number of aromatic carboxylic acids is 1. The molecule has 0 aliphatic carbocycles. The lowest BCUT2D eigenvalue weighted by molar-refractivity contribution is 0.0693. The van der Waals surface area contributed by atoms with E-state index in [2.05, 4.69) is 0 Å². The number of carbonyl (C=O) groups is 2. The molecule has 0 unspecified atom stereocenters. The van der Waals surface area contributed by atoms with Crippen LogP contribution in [0, 0.1) is 0 Å². The second kappa shape index (κ2) is 5.62. The van der Waals surface area contributed by atoms with Gasteiger partial charge in [0.15, 0.2) is 5.78 Å². The van der Waals surface area contributed by atoms with E-state index < -0.39 is 5.97 Å². The van der Waals surface area contributed by atoms with Crippen molar-refractivity contribution in [3.8, 4) is 0 Å². The van der Waals surface area contributed by atoms with Gasteiger partial charge in [-0.2, -0.15) is 0 Å². The van der Waals surface area contributed by atoms with E-state index >= 15 is 0 Å². The van der Waals surface area contributed by atoms with Crippen LogP contribution in [0.2, 0.25) is 5.02 Å². The smallest absolute Gasteiger partial charge is 0.336 e. The normalized spacial score (nSPS) is 10.6. The SMILES string of the molecule is O=C(O)c1cccc(Cl)c1C(=O)c1cccc2ccccc12. The van der Waals surface area contributed by atoms with Crippen molar-refractivity contribution in [2.24, 2.45) is 0 Å². The number of carboxylic acids is 1. The van der Waals surface area contributed by atoms with Gasteiger partial charge in [0.2, 0.25) is 0 Å². The zero-order valence-electron chi connectivity index (χ0n) is 11.4. The van der Waals surface area contributed by atoms with Gasteiger partial charge in [-0.1, -0.05) is 60.1 Å². The van der Waals surface area contributed by atoms with Gasteiger partial charge in [0.25, 0.3) is 0 Å². The minimum absolute atomic E-state index is 0.0213. The second-order valence-corrected chi connectivity index (χ2v) is 5.23. The van der Waals surface area contributed by atoms with Crippen LogP contribution in [0.5, 0.6) is 0 Å². The molecule has 3 aromatic rings. The number of halogens is 1. The molecule has 3 rings (SSSR count). The van der Waals surface area contributed by atoms with Crippen LogP contribution in [0.4, 0.5) is 0 Å². The highest BCUT2D eigenvalue weighted by Crippen LogP contribution is 2.27. The average molecular weight is 311 g/mol. The van der Waals surface area contributed by atoms with Crippen molar-refractivity contribution in [1.82, 2.24) is 0 Å². The molecule has 0 fully saturated rings. The predicted octanol–water partition coefficient (Wildman–Crippen LogP) is 4.42. The van der Waals surface area contributed by atoms with Crippen molar-refractivity contribution in [2.45, 2.75) is 0 Å². The first-order valence-electron chi connectivity index (χ1n) is 6.64. The molecule has 0 amide bonds. The zero-order valence-corrected chi connectivity index (χ0v) is 12.2. The Balaban J connectivity index is 2.25. The third-order valence-corrected chi connectivity index (χ3v) is 3.82. The standard InChI is InChI=1S/C18H11ClO3/c19-15-10-4-9-14(18(21)22)16(15)17(20)13-8-3-6-11-5-1-2-7-12(11)13/h1-10H,(H,21,22). The highest BCUT2D eigenvalue weighted by molar-refractivity contribution is 6.36. The van der Waals surface area contributed by atoms with Crippen molar-refractivity contribution in [3.05, 3.63) is 82.4 Å². The molecule has 0 aromatic heterocycles. The summed E-state index contributed by atoms with van der Waals surface area (Å²) in [6.07, 6.45) is 0. The second-order valence-electron chi connectivity index (χ2n) is 4.82. The number of hydrogen-bond acceptors (Lipinski definition) is 2. The number of rotatable bonds is 3. The monoisotopic (exact) mass is 310 g/mol. The first-order chi connectivity index (χ1) is 10.6. The molecule has 0 aliphatic rings. The first-order valence-corrected chi connectivity index (χ1v) is 7.01. The van der Waals surface area contributed by atoms with Gasteiger partial charge < -0.3 is 5.11 Å². The number of benzene rings is 3. The Kier molecular flexibility index (Phi) is 3.65. The van der Waals surface area contributed by atoms with Gasteiger partial charge in [-0.3, -0.25) is 4.79 Å². The lowest BCUT2D eigenvalue weighted by Gasteiger charge is -2.10. The van der Waals surface area contributed by atoms with Crippen molar-refractivity contribution >= 4 is 34.1 Å². The number of carboxylic acid groups (broad SMARTS) is 1. The fraction of sp³-hybridized carbons (Fsp3) is 0. The maximum absolute atomic E-state index is 12.9. The highest BCUT2D eigenvalue weighted by atomic mass is 35.5. The molecule has 0 heterocycles. The number of carbonyl (C=O) groups excluding carboxylic acids is 1. The van der Waals surface area contributed by atoms with Crippen LogP contribution < -0.4 is 0 Å². The fourth-order valence-corrected chi connectivity index (χ4v) is 2.75. The van der Waals surface area contributed by atoms with Crippen LogP contribution in [0.25, 0.3) is 10.8 Å². The van der Waals surface area contributed by atoms with Gasteiger partial charge in [0.1, 0.15) is 0 Å². The van der Waals surface area contributed by atoms with E-state index in [-0.39, 0.29) is 21.9 Å². The summed E-state index contributed by atoms with van der Waals surface area (Å²) >= 11 is 6.09. The lowest BCUT2D eigenvalue weighted by Crippen LogP contribution is -2.11. The van der Waals surface area contributed by atoms with E-state index in [1.54, 1.807) is 12.1 Å². The third-order valence-electron chi connectivity index (χ3n) is 3.51. The summed E-state index contributed by atoms with van der Waals surface area (Å²) in [6.45, 7) is 0. The van der Waals surface area contributed by atoms with E-state index in [0.29, 0.717) is 5.56 Å². The summed E-state index contributed by atoms with van der Waals surface area (Å²) in [4.78, 5) is 24.2. The van der Waals surface area contributed by atoms with E-state index in [4.69, 9.17) is 11.6 Å². The predicted molar refractivity (Wildman–Crippen MR) is 85.8 cm³/mol. The summed E-state index contributed by atoms with van der Waals surface area (Å²) in [5.74, 6) is -1.56. The molecule has 0 radical (unpaired) electrons. The van der Waals surface area contributed by atoms with Crippen LogP contribution >= 0.6 is 11.6 Å². The van der Waals surface area contributed by atoms with Crippen LogP contribution in [0.15, 0.2) is 60.7 Å². The van der Waals surface area contributed by atoms with Gasteiger partial charge in [-0.05, 0) is 22.9 Å². The minimum atomic E-state index is -1.17. The van der Waals surface area contributed by atoms with Crippen molar-refractivity contribution in [2.75, 3.05) is 0 Å². The van der Waals surface area contributed by atoms with E-state index in [0.717, 1.165) is 10.8 Å². The Bertz CT molecular complexity index is 894. The largest absolute Gasteiger partial charge is 0.478 e. The Morgan fingerprint density at radius 1 is 0.818 bits per heavy atom. The van der Waals surface area contributed by atoms with Gasteiger partial charge in [0, 0.05) is 5.56 Å². The Morgan fingerprint density at radius 3 is 2.23 bits per heavy atom. The van der Waals surface area contributed by atoms with Crippen molar-refractivity contribution in [3.63, 3.8) is 0 Å². The third kappa shape index (κ3) is 2.36. The van der Waals surface area contributed by atoms with Crippen LogP contribution in [-0.4, -0.2) is 16.9 Å². The maximum atomic E-state index is 12.9. The Hall–Kier alpha value is -2.65. The molecule has 0 spiro atoms. The van der Waals surface area contributed by atoms with Gasteiger partial charge in [-0.15, -0.1) is 0 Å². The minimum Gasteiger partial charge on any atom is -0.478 e. The van der Waals surface area contributed by atoms with E-state index in [1.165, 1.54) is 18.2 Å². The molecular weight excluding hydrogens is 300 g/mol. The molecule has 0 bridgehead atoms. The Morgan fingerprint density at radius 2 is 1.45 bits per heavy atom. The first kappa shape index (κ1) is 14.3. The van der Waals surface area contributed by atoms with Crippen LogP contribution in [0.1, 0.15) is 26.3 Å². The number of fused-ring (bicyclic) bond motifs is 1. The molecule has 0 saturated heterocycles. The van der Waals surface area contributed by atoms with Gasteiger partial charge in [0.05, 0.1) is 16.1 Å². The topological polar surface area (TPSA) is 54.4 Å². The van der Waals surface area contributed by atoms with E-state index in [1.807, 2.05) is 30.3 Å². The van der Waals surface area contributed by atoms with Gasteiger partial charge >= 0.3 is 5.97 Å². The average Bonchev–Trinajstić information content (AvgIpc) is 2.53. The lowest BCUT2D eigenvalue weighted by atomic mass is 9.94. The maximum Gasteiger partial charge on any atom is 0.336 e. The molecule has 1 N–H and O–H groups in total. The molecule has 0 atom stereocenters. The van der Waals surface area contributed by atoms with Crippen molar-refractivity contribution in [1.29, 1.82) is 0 Å². The number of hydrogen-bond donors (Lipinski definition) is 1. The fourth-order valence-electron chi connectivity index (χ4n) is 2.49. The number of ketones is 1. The van der Waals surface area contributed by atoms with E-state index in [9.17, 15) is 14.7 Å². The zero-order chi connectivity index (χ0) is 15.7. The highest BCUT2D eigenvalue weighted by Gasteiger charge is 2.22. The summed E-state index contributed by atoms with van der Waals surface area (Å²) in [7, 11) is 0. The summed E-state index contributed by atoms with van der Waals surface area (Å²) in [6, 6.07) is 17.2. The quantitative estimate of drug-likeness (QED) is 0.728. The molecule has 4 heteroatoms.